The number of amides is 1. The Balaban J connectivity index is 0.00000289. The number of halogens is 1. The number of nitrogens with zero attached hydrogens (tertiary/aromatic N) is 1. The number of nitrogens with two attached hydrogens (primary N) is 1. The number of aromatic nitrogens is 1. The Hall–Kier alpha value is -1.07. The molecule has 6 heteroatoms. The Labute approximate surface area is 114 Å². The Bertz CT molecular complexity index is 417. The predicted molar refractivity (Wildman–Crippen MR) is 73.0 cm³/mol. The van der Waals surface area contributed by atoms with Crippen LogP contribution in [0.1, 0.15) is 42.9 Å². The SMILES string of the molecule is Cc1nc(C)c(C(=O)NC(C)(CN)C(C)C)o1.Cl. The molecule has 0 fully saturated rings. The van der Waals surface area contributed by atoms with Gasteiger partial charge in [0, 0.05) is 13.5 Å². The van der Waals surface area contributed by atoms with Crippen molar-refractivity contribution in [3.63, 3.8) is 0 Å². The average Bonchev–Trinajstić information content (AvgIpc) is 2.57. The van der Waals surface area contributed by atoms with E-state index in [1.54, 1.807) is 13.8 Å². The van der Waals surface area contributed by atoms with Crippen LogP contribution < -0.4 is 11.1 Å². The highest BCUT2D eigenvalue weighted by Crippen LogP contribution is 2.17. The van der Waals surface area contributed by atoms with Gasteiger partial charge in [0.05, 0.1) is 11.2 Å². The molecule has 3 N–H and O–H groups in total. The number of carbonyl (C=O) groups excluding carboxylic acids is 1. The van der Waals surface area contributed by atoms with Gasteiger partial charge < -0.3 is 15.5 Å². The Morgan fingerprint density at radius 1 is 1.50 bits per heavy atom. The van der Waals surface area contributed by atoms with E-state index in [0.29, 0.717) is 18.1 Å². The van der Waals surface area contributed by atoms with E-state index in [4.69, 9.17) is 10.2 Å². The molecule has 18 heavy (non-hydrogen) atoms. The largest absolute Gasteiger partial charge is 0.436 e. The van der Waals surface area contributed by atoms with Crippen LogP contribution in [0.3, 0.4) is 0 Å². The molecule has 1 aromatic heterocycles. The van der Waals surface area contributed by atoms with E-state index in [1.165, 1.54) is 0 Å². The Morgan fingerprint density at radius 3 is 2.39 bits per heavy atom. The number of carbonyl (C=O) groups is 1. The molecule has 0 spiro atoms. The monoisotopic (exact) mass is 275 g/mol. The van der Waals surface area contributed by atoms with Gasteiger partial charge in [0.1, 0.15) is 0 Å². The summed E-state index contributed by atoms with van der Waals surface area (Å²) in [6, 6.07) is 0. The summed E-state index contributed by atoms with van der Waals surface area (Å²) in [5.74, 6) is 0.736. The van der Waals surface area contributed by atoms with Crippen LogP contribution in [0.15, 0.2) is 4.42 Å². The summed E-state index contributed by atoms with van der Waals surface area (Å²) in [5.41, 5.74) is 5.88. The van der Waals surface area contributed by atoms with Crippen LogP contribution in [0.4, 0.5) is 0 Å². The molecule has 0 aliphatic heterocycles. The van der Waals surface area contributed by atoms with Crippen molar-refractivity contribution in [2.24, 2.45) is 11.7 Å². The molecule has 104 valence electrons. The highest BCUT2D eigenvalue weighted by atomic mass is 35.5. The van der Waals surface area contributed by atoms with Crippen LogP contribution in [0, 0.1) is 19.8 Å². The van der Waals surface area contributed by atoms with Crippen molar-refractivity contribution in [2.45, 2.75) is 40.2 Å². The molecule has 0 aliphatic rings. The molecule has 1 amide bonds. The lowest BCUT2D eigenvalue weighted by molar-refractivity contribution is 0.0852. The lowest BCUT2D eigenvalue weighted by atomic mass is 9.88. The fourth-order valence-electron chi connectivity index (χ4n) is 1.49. The smallest absolute Gasteiger partial charge is 0.289 e. The molecular formula is C12H22ClN3O2. The second-order valence-electron chi connectivity index (χ2n) is 4.88. The third-order valence-electron chi connectivity index (χ3n) is 3.21. The first-order valence-electron chi connectivity index (χ1n) is 5.76. The lowest BCUT2D eigenvalue weighted by Crippen LogP contribution is -2.55. The summed E-state index contributed by atoms with van der Waals surface area (Å²) in [6.45, 7) is 9.81. The zero-order chi connectivity index (χ0) is 13.2. The fraction of sp³-hybridized carbons (Fsp3) is 0.667. The quantitative estimate of drug-likeness (QED) is 0.878. The molecule has 5 nitrogen and oxygen atoms in total. The normalized spacial score (nSPS) is 13.9. The second-order valence-corrected chi connectivity index (χ2v) is 4.88. The summed E-state index contributed by atoms with van der Waals surface area (Å²) in [6.07, 6.45) is 0. The summed E-state index contributed by atoms with van der Waals surface area (Å²) in [5, 5.41) is 2.92. The van der Waals surface area contributed by atoms with E-state index in [0.717, 1.165) is 0 Å². The molecule has 0 saturated carbocycles. The van der Waals surface area contributed by atoms with Crippen molar-refractivity contribution < 1.29 is 9.21 Å². The number of nitrogens with one attached hydrogen (secondary N) is 1. The number of hydrogen-bond acceptors (Lipinski definition) is 4. The zero-order valence-electron chi connectivity index (χ0n) is 11.5. The van der Waals surface area contributed by atoms with Crippen LogP contribution in [-0.2, 0) is 0 Å². The topological polar surface area (TPSA) is 81.2 Å². The number of hydrogen-bond donors (Lipinski definition) is 2. The van der Waals surface area contributed by atoms with Gasteiger partial charge in [-0.1, -0.05) is 13.8 Å². The van der Waals surface area contributed by atoms with Crippen molar-refractivity contribution in [1.82, 2.24) is 10.3 Å². The van der Waals surface area contributed by atoms with Gasteiger partial charge in [-0.05, 0) is 19.8 Å². The van der Waals surface area contributed by atoms with Crippen molar-refractivity contribution in [3.8, 4) is 0 Å². The van der Waals surface area contributed by atoms with E-state index in [-0.39, 0.29) is 30.0 Å². The minimum atomic E-state index is -0.440. The van der Waals surface area contributed by atoms with Gasteiger partial charge in [0.2, 0.25) is 5.76 Å². The van der Waals surface area contributed by atoms with E-state index in [1.807, 2.05) is 20.8 Å². The van der Waals surface area contributed by atoms with Gasteiger partial charge in [0.15, 0.2) is 5.89 Å². The van der Waals surface area contributed by atoms with Crippen molar-refractivity contribution in [3.05, 3.63) is 17.3 Å². The molecule has 1 aromatic rings. The van der Waals surface area contributed by atoms with Crippen molar-refractivity contribution >= 4 is 18.3 Å². The van der Waals surface area contributed by atoms with Gasteiger partial charge in [-0.15, -0.1) is 12.4 Å². The van der Waals surface area contributed by atoms with E-state index >= 15 is 0 Å². The van der Waals surface area contributed by atoms with Gasteiger partial charge in [0.25, 0.3) is 5.91 Å². The van der Waals surface area contributed by atoms with Crippen LogP contribution in [0.2, 0.25) is 0 Å². The maximum absolute atomic E-state index is 12.1. The molecule has 0 aromatic carbocycles. The van der Waals surface area contributed by atoms with Crippen molar-refractivity contribution in [1.29, 1.82) is 0 Å². The highest BCUT2D eigenvalue weighted by molar-refractivity contribution is 5.93. The minimum absolute atomic E-state index is 0. The van der Waals surface area contributed by atoms with Crippen LogP contribution in [-0.4, -0.2) is 23.0 Å². The standard InChI is InChI=1S/C12H21N3O2.ClH/c1-7(2)12(5,6-13)15-11(16)10-8(3)14-9(4)17-10;/h7H,6,13H2,1-5H3,(H,15,16);1H. The first-order chi connectivity index (χ1) is 7.80. The summed E-state index contributed by atoms with van der Waals surface area (Å²) >= 11 is 0. The van der Waals surface area contributed by atoms with Crippen LogP contribution in [0.25, 0.3) is 0 Å². The van der Waals surface area contributed by atoms with Gasteiger partial charge in [-0.2, -0.15) is 0 Å². The number of rotatable bonds is 4. The molecule has 1 atom stereocenters. The molecule has 0 aliphatic carbocycles. The minimum Gasteiger partial charge on any atom is -0.436 e. The Morgan fingerprint density at radius 2 is 2.06 bits per heavy atom. The van der Waals surface area contributed by atoms with Gasteiger partial charge in [-0.25, -0.2) is 4.98 Å². The van der Waals surface area contributed by atoms with E-state index in [9.17, 15) is 4.79 Å². The summed E-state index contributed by atoms with van der Waals surface area (Å²) in [4.78, 5) is 16.1. The van der Waals surface area contributed by atoms with Crippen LogP contribution >= 0.6 is 12.4 Å². The summed E-state index contributed by atoms with van der Waals surface area (Å²) in [7, 11) is 0. The third-order valence-corrected chi connectivity index (χ3v) is 3.21. The summed E-state index contributed by atoms with van der Waals surface area (Å²) < 4.78 is 5.28. The molecule has 0 saturated heterocycles. The molecule has 1 unspecified atom stereocenters. The first-order valence-corrected chi connectivity index (χ1v) is 5.76. The maximum atomic E-state index is 12.1. The molecule has 0 bridgehead atoms. The third kappa shape index (κ3) is 3.46. The van der Waals surface area contributed by atoms with E-state index in [2.05, 4.69) is 10.3 Å². The molecule has 1 heterocycles. The number of oxazole rings is 1. The van der Waals surface area contributed by atoms with E-state index < -0.39 is 5.54 Å². The molecule has 1 rings (SSSR count). The average molecular weight is 276 g/mol. The zero-order valence-corrected chi connectivity index (χ0v) is 12.4. The lowest BCUT2D eigenvalue weighted by Gasteiger charge is -2.33. The van der Waals surface area contributed by atoms with Crippen molar-refractivity contribution in [2.75, 3.05) is 6.54 Å². The van der Waals surface area contributed by atoms with Gasteiger partial charge in [-0.3, -0.25) is 4.79 Å². The fourth-order valence-corrected chi connectivity index (χ4v) is 1.49. The van der Waals surface area contributed by atoms with Gasteiger partial charge >= 0.3 is 0 Å². The number of aryl methyl sites for hydroxylation is 2. The molecular weight excluding hydrogens is 254 g/mol. The Kier molecular flexibility index (Phi) is 5.83. The molecule has 0 radical (unpaired) electrons. The second kappa shape index (κ2) is 6.20. The first kappa shape index (κ1) is 16.9. The predicted octanol–water partition coefficient (Wildman–Crippen LogP) is 1.82. The van der Waals surface area contributed by atoms with Crippen LogP contribution in [0.5, 0.6) is 0 Å². The highest BCUT2D eigenvalue weighted by Gasteiger charge is 2.30. The maximum Gasteiger partial charge on any atom is 0.289 e.